The third kappa shape index (κ3) is 5.64. The summed E-state index contributed by atoms with van der Waals surface area (Å²) < 4.78 is 28.7. The highest BCUT2D eigenvalue weighted by molar-refractivity contribution is 7.89. The van der Waals surface area contributed by atoms with Gasteiger partial charge in [-0.05, 0) is 13.8 Å². The minimum Gasteiger partial charge on any atom is -0.480 e. The first-order chi connectivity index (χ1) is 7.70. The molecule has 0 unspecified atom stereocenters. The Hall–Kier alpha value is -1.15. The second-order valence-corrected chi connectivity index (χ2v) is 5.72. The van der Waals surface area contributed by atoms with Gasteiger partial charge in [0.2, 0.25) is 10.0 Å². The van der Waals surface area contributed by atoms with Crippen LogP contribution in [-0.4, -0.2) is 55.2 Å². The fourth-order valence-corrected chi connectivity index (χ4v) is 2.78. The van der Waals surface area contributed by atoms with Gasteiger partial charge in [0.05, 0.1) is 19.3 Å². The molecule has 0 aromatic heterocycles. The second-order valence-electron chi connectivity index (χ2n) is 3.67. The van der Waals surface area contributed by atoms with E-state index in [9.17, 15) is 18.0 Å². The summed E-state index contributed by atoms with van der Waals surface area (Å²) in [6.45, 7) is 2.53. The van der Waals surface area contributed by atoms with Crippen LogP contribution < -0.4 is 0 Å². The maximum absolute atomic E-state index is 11.8. The van der Waals surface area contributed by atoms with Crippen LogP contribution in [0.5, 0.6) is 0 Å². The third-order valence-electron chi connectivity index (χ3n) is 2.02. The SMILES string of the molecule is COC(=O)CCS(=O)(=O)N(CC(=O)O)C(C)C. The van der Waals surface area contributed by atoms with Gasteiger partial charge < -0.3 is 9.84 Å². The maximum atomic E-state index is 11.8. The van der Waals surface area contributed by atoms with E-state index >= 15 is 0 Å². The molecule has 8 heteroatoms. The van der Waals surface area contributed by atoms with E-state index in [0.717, 1.165) is 11.4 Å². The van der Waals surface area contributed by atoms with Crippen LogP contribution in [0, 0.1) is 0 Å². The molecule has 1 N–H and O–H groups in total. The van der Waals surface area contributed by atoms with Crippen LogP contribution in [0.1, 0.15) is 20.3 Å². The van der Waals surface area contributed by atoms with Crippen molar-refractivity contribution >= 4 is 22.0 Å². The minimum atomic E-state index is -3.77. The standard InChI is InChI=1S/C9H17NO6S/c1-7(2)10(6-8(11)12)17(14,15)5-4-9(13)16-3/h7H,4-6H2,1-3H3,(H,11,12). The number of ether oxygens (including phenoxy) is 1. The van der Waals surface area contributed by atoms with Crippen molar-refractivity contribution in [3.8, 4) is 0 Å². The zero-order chi connectivity index (χ0) is 13.6. The summed E-state index contributed by atoms with van der Waals surface area (Å²) in [6.07, 6.45) is -0.290. The van der Waals surface area contributed by atoms with Crippen LogP contribution in [-0.2, 0) is 24.3 Å². The van der Waals surface area contributed by atoms with E-state index in [1.165, 1.54) is 0 Å². The van der Waals surface area contributed by atoms with E-state index in [2.05, 4.69) is 4.74 Å². The molecule has 0 heterocycles. The van der Waals surface area contributed by atoms with Crippen molar-refractivity contribution in [2.75, 3.05) is 19.4 Å². The van der Waals surface area contributed by atoms with Crippen molar-refractivity contribution in [2.24, 2.45) is 0 Å². The highest BCUT2D eigenvalue weighted by Crippen LogP contribution is 2.08. The van der Waals surface area contributed by atoms with E-state index in [1.807, 2.05) is 0 Å². The van der Waals surface area contributed by atoms with E-state index in [0.29, 0.717) is 0 Å². The summed E-state index contributed by atoms with van der Waals surface area (Å²) in [6, 6.07) is -0.478. The van der Waals surface area contributed by atoms with Crippen LogP contribution in [0.3, 0.4) is 0 Å². The number of carboxylic acid groups (broad SMARTS) is 1. The van der Waals surface area contributed by atoms with Gasteiger partial charge in [-0.3, -0.25) is 9.59 Å². The van der Waals surface area contributed by atoms with Gasteiger partial charge in [-0.15, -0.1) is 0 Å². The number of methoxy groups -OCH3 is 1. The summed E-state index contributed by atoms with van der Waals surface area (Å²) in [7, 11) is -2.61. The number of carbonyl (C=O) groups is 2. The predicted octanol–water partition coefficient (Wildman–Crippen LogP) is -0.326. The summed E-state index contributed by atoms with van der Waals surface area (Å²) in [5.41, 5.74) is 0. The minimum absolute atomic E-state index is 0.290. The van der Waals surface area contributed by atoms with Crippen LogP contribution in [0.15, 0.2) is 0 Å². The van der Waals surface area contributed by atoms with Gasteiger partial charge in [-0.1, -0.05) is 0 Å². The van der Waals surface area contributed by atoms with Crippen LogP contribution in [0.25, 0.3) is 0 Å². The lowest BCUT2D eigenvalue weighted by atomic mass is 10.4. The van der Waals surface area contributed by atoms with Crippen molar-refractivity contribution < 1.29 is 27.9 Å². The van der Waals surface area contributed by atoms with Crippen molar-refractivity contribution in [3.05, 3.63) is 0 Å². The zero-order valence-corrected chi connectivity index (χ0v) is 10.9. The van der Waals surface area contributed by atoms with Crippen LogP contribution in [0.4, 0.5) is 0 Å². The molecular weight excluding hydrogens is 250 g/mol. The lowest BCUT2D eigenvalue weighted by Crippen LogP contribution is -2.42. The molecule has 0 rings (SSSR count). The summed E-state index contributed by atoms with van der Waals surface area (Å²) in [5.74, 6) is -2.33. The molecule has 0 radical (unpaired) electrons. The number of aliphatic carboxylic acids is 1. The molecule has 0 amide bonds. The Balaban J connectivity index is 4.73. The van der Waals surface area contributed by atoms with E-state index in [4.69, 9.17) is 5.11 Å². The van der Waals surface area contributed by atoms with Crippen molar-refractivity contribution in [1.29, 1.82) is 0 Å². The van der Waals surface area contributed by atoms with Crippen molar-refractivity contribution in [3.63, 3.8) is 0 Å². The molecule has 0 saturated heterocycles. The number of esters is 1. The van der Waals surface area contributed by atoms with Gasteiger partial charge >= 0.3 is 11.9 Å². The first-order valence-corrected chi connectivity index (χ1v) is 6.59. The highest BCUT2D eigenvalue weighted by Gasteiger charge is 2.27. The quantitative estimate of drug-likeness (QED) is 0.634. The Morgan fingerprint density at radius 2 is 1.88 bits per heavy atom. The van der Waals surface area contributed by atoms with Gasteiger partial charge in [-0.2, -0.15) is 4.31 Å². The molecule has 0 bridgehead atoms. The number of carboxylic acids is 1. The molecule has 0 aliphatic heterocycles. The Labute approximate surface area is 100 Å². The number of rotatable bonds is 7. The lowest BCUT2D eigenvalue weighted by Gasteiger charge is -2.23. The number of carbonyl (C=O) groups excluding carboxylic acids is 1. The van der Waals surface area contributed by atoms with Gasteiger partial charge in [0.1, 0.15) is 6.54 Å². The van der Waals surface area contributed by atoms with E-state index < -0.39 is 40.3 Å². The van der Waals surface area contributed by atoms with Gasteiger partial charge in [-0.25, -0.2) is 8.42 Å². The highest BCUT2D eigenvalue weighted by atomic mass is 32.2. The topological polar surface area (TPSA) is 101 Å². The Kier molecular flexibility index (Phi) is 6.11. The number of hydrogen-bond acceptors (Lipinski definition) is 5. The van der Waals surface area contributed by atoms with Gasteiger partial charge in [0.25, 0.3) is 0 Å². The largest absolute Gasteiger partial charge is 0.480 e. The summed E-state index contributed by atoms with van der Waals surface area (Å²) >= 11 is 0. The molecule has 7 nitrogen and oxygen atoms in total. The van der Waals surface area contributed by atoms with Crippen LogP contribution in [0.2, 0.25) is 0 Å². The number of hydrogen-bond donors (Lipinski definition) is 1. The zero-order valence-electron chi connectivity index (χ0n) is 10.0. The van der Waals surface area contributed by atoms with Crippen molar-refractivity contribution in [1.82, 2.24) is 4.31 Å². The molecule has 0 atom stereocenters. The smallest absolute Gasteiger partial charge is 0.318 e. The second kappa shape index (κ2) is 6.55. The van der Waals surface area contributed by atoms with E-state index in [1.54, 1.807) is 13.8 Å². The molecular formula is C9H17NO6S. The average molecular weight is 267 g/mol. The molecule has 0 aliphatic carbocycles. The molecule has 100 valence electrons. The molecule has 0 aromatic carbocycles. The average Bonchev–Trinajstić information content (AvgIpc) is 2.21. The van der Waals surface area contributed by atoms with Crippen LogP contribution >= 0.6 is 0 Å². The molecule has 0 spiro atoms. The summed E-state index contributed by atoms with van der Waals surface area (Å²) in [4.78, 5) is 21.4. The van der Waals surface area contributed by atoms with Gasteiger partial charge in [0.15, 0.2) is 0 Å². The molecule has 0 fully saturated rings. The molecule has 0 saturated carbocycles. The first kappa shape index (κ1) is 15.9. The van der Waals surface area contributed by atoms with E-state index in [-0.39, 0.29) is 6.42 Å². The Bertz CT molecular complexity index is 375. The molecule has 0 aromatic rings. The Morgan fingerprint density at radius 1 is 1.35 bits per heavy atom. The third-order valence-corrected chi connectivity index (χ3v) is 4.00. The fourth-order valence-electron chi connectivity index (χ4n) is 1.17. The normalized spacial score (nSPS) is 11.8. The lowest BCUT2D eigenvalue weighted by molar-refractivity contribution is -0.140. The fraction of sp³-hybridized carbons (Fsp3) is 0.778. The first-order valence-electron chi connectivity index (χ1n) is 4.99. The Morgan fingerprint density at radius 3 is 2.24 bits per heavy atom. The van der Waals surface area contributed by atoms with Gasteiger partial charge in [0, 0.05) is 6.04 Å². The number of sulfonamides is 1. The number of nitrogens with zero attached hydrogens (tertiary/aromatic N) is 1. The van der Waals surface area contributed by atoms with Crippen molar-refractivity contribution in [2.45, 2.75) is 26.3 Å². The summed E-state index contributed by atoms with van der Waals surface area (Å²) in [5, 5.41) is 8.62. The predicted molar refractivity (Wildman–Crippen MR) is 59.9 cm³/mol. The maximum Gasteiger partial charge on any atom is 0.318 e. The molecule has 0 aliphatic rings. The monoisotopic (exact) mass is 267 g/mol. The molecule has 17 heavy (non-hydrogen) atoms.